The fourth-order valence-electron chi connectivity index (χ4n) is 2.37. The van der Waals surface area contributed by atoms with E-state index in [1.807, 2.05) is 6.92 Å². The number of hydrogen-bond donors (Lipinski definition) is 1. The van der Waals surface area contributed by atoms with E-state index in [2.05, 4.69) is 5.32 Å². The molecule has 148 valence electrons. The molecule has 0 aliphatic heterocycles. The van der Waals surface area contributed by atoms with Gasteiger partial charge in [0, 0.05) is 28.3 Å². The topological polar surface area (TPSA) is 46.2 Å². The van der Waals surface area contributed by atoms with Crippen LogP contribution in [0.5, 0.6) is 0 Å². The van der Waals surface area contributed by atoms with Crippen LogP contribution in [0.25, 0.3) is 11.6 Å². The van der Waals surface area contributed by atoms with Crippen LogP contribution in [-0.4, -0.2) is 23.3 Å². The molecule has 0 heterocycles. The van der Waals surface area contributed by atoms with Crippen LogP contribution in [0.4, 0.5) is 8.78 Å². The molecule has 1 N–H and O–H groups in total. The zero-order valence-corrected chi connectivity index (χ0v) is 17.0. The number of benzene rings is 2. The third kappa shape index (κ3) is 6.17. The molecule has 0 saturated carbocycles. The Hall–Kier alpha value is -2.18. The molecule has 2 amide bonds. The average Bonchev–Trinajstić information content (AvgIpc) is 2.66. The van der Waals surface area contributed by atoms with E-state index in [-0.39, 0.29) is 17.1 Å². The fourth-order valence-corrected chi connectivity index (χ4v) is 3.24. The summed E-state index contributed by atoms with van der Waals surface area (Å²) >= 11 is 7.45. The maximum Gasteiger partial charge on any atom is 0.258 e. The van der Waals surface area contributed by atoms with Crippen molar-refractivity contribution in [2.75, 3.05) is 11.5 Å². The van der Waals surface area contributed by atoms with Crippen molar-refractivity contribution >= 4 is 46.8 Å². The molecule has 28 heavy (non-hydrogen) atoms. The van der Waals surface area contributed by atoms with E-state index in [1.54, 1.807) is 43.0 Å². The van der Waals surface area contributed by atoms with Gasteiger partial charge in [-0.15, -0.1) is 0 Å². The van der Waals surface area contributed by atoms with Gasteiger partial charge in [-0.2, -0.15) is 11.8 Å². The van der Waals surface area contributed by atoms with E-state index >= 15 is 0 Å². The molecule has 0 aromatic heterocycles. The maximum absolute atomic E-state index is 14.3. The highest BCUT2D eigenvalue weighted by Crippen LogP contribution is 2.23. The Bertz CT molecular complexity index is 884. The normalized spacial score (nSPS) is 12.5. The standard InChI is InChI=1S/C21H20ClF2NO2S/c1-3-28-12-13(2)20(26)25-21(27)18(10-14-4-6-15(22)7-5-14)17-9-8-16(23)11-19(17)24/h4-11,13H,3,12H2,1-2H3,(H,25,26,27)/b18-10+. The zero-order chi connectivity index (χ0) is 20.7. The first-order valence-electron chi connectivity index (χ1n) is 8.67. The molecule has 0 fully saturated rings. The number of rotatable bonds is 7. The quantitative estimate of drug-likeness (QED) is 0.492. The van der Waals surface area contributed by atoms with E-state index in [9.17, 15) is 18.4 Å². The summed E-state index contributed by atoms with van der Waals surface area (Å²) in [6.07, 6.45) is 1.43. The van der Waals surface area contributed by atoms with Gasteiger partial charge >= 0.3 is 0 Å². The lowest BCUT2D eigenvalue weighted by atomic mass is 10.0. The van der Waals surface area contributed by atoms with Crippen LogP contribution in [0, 0.1) is 17.6 Å². The molecule has 0 saturated heterocycles. The van der Waals surface area contributed by atoms with Gasteiger partial charge in [0.2, 0.25) is 5.91 Å². The van der Waals surface area contributed by atoms with Crippen molar-refractivity contribution in [1.82, 2.24) is 5.32 Å². The summed E-state index contributed by atoms with van der Waals surface area (Å²) in [5.41, 5.74) is 0.404. The number of nitrogens with one attached hydrogen (secondary N) is 1. The van der Waals surface area contributed by atoms with Crippen LogP contribution in [0.1, 0.15) is 25.0 Å². The highest BCUT2D eigenvalue weighted by atomic mass is 35.5. The SMILES string of the molecule is CCSCC(C)C(=O)NC(=O)/C(=C/c1ccc(Cl)cc1)c1ccc(F)cc1F. The molecule has 7 heteroatoms. The third-order valence-corrected chi connectivity index (χ3v) is 5.30. The number of thioether (sulfide) groups is 1. The van der Waals surface area contributed by atoms with E-state index < -0.39 is 23.4 Å². The average molecular weight is 424 g/mol. The van der Waals surface area contributed by atoms with Gasteiger partial charge in [0.15, 0.2) is 0 Å². The van der Waals surface area contributed by atoms with Gasteiger partial charge in [0.1, 0.15) is 11.6 Å². The zero-order valence-electron chi connectivity index (χ0n) is 15.5. The van der Waals surface area contributed by atoms with Crippen molar-refractivity contribution in [2.24, 2.45) is 5.92 Å². The van der Waals surface area contributed by atoms with Gasteiger partial charge in [-0.1, -0.05) is 37.6 Å². The molecule has 2 aromatic rings. The molecule has 0 radical (unpaired) electrons. The number of halogens is 3. The minimum Gasteiger partial charge on any atom is -0.292 e. The van der Waals surface area contributed by atoms with Crippen LogP contribution in [0.2, 0.25) is 5.02 Å². The maximum atomic E-state index is 14.3. The largest absolute Gasteiger partial charge is 0.292 e. The van der Waals surface area contributed by atoms with Gasteiger partial charge < -0.3 is 0 Å². The lowest BCUT2D eigenvalue weighted by molar-refractivity contribution is -0.129. The molecule has 0 spiro atoms. The minimum atomic E-state index is -0.891. The lowest BCUT2D eigenvalue weighted by Gasteiger charge is -2.13. The smallest absolute Gasteiger partial charge is 0.258 e. The summed E-state index contributed by atoms with van der Waals surface area (Å²) in [6, 6.07) is 9.48. The number of carbonyl (C=O) groups excluding carboxylic acids is 2. The van der Waals surface area contributed by atoms with Gasteiger partial charge in [-0.25, -0.2) is 8.78 Å². The highest BCUT2D eigenvalue weighted by molar-refractivity contribution is 7.99. The molecular formula is C21H20ClF2NO2S. The number of amides is 2. The summed E-state index contributed by atoms with van der Waals surface area (Å²) < 4.78 is 27.6. The molecular weight excluding hydrogens is 404 g/mol. The van der Waals surface area contributed by atoms with Gasteiger partial charge in [-0.3, -0.25) is 14.9 Å². The lowest BCUT2D eigenvalue weighted by Crippen LogP contribution is -2.36. The van der Waals surface area contributed by atoms with Crippen molar-refractivity contribution in [3.63, 3.8) is 0 Å². The first kappa shape index (κ1) is 22.1. The summed E-state index contributed by atoms with van der Waals surface area (Å²) in [5, 5.41) is 2.82. The molecule has 2 rings (SSSR count). The molecule has 1 unspecified atom stereocenters. The third-order valence-electron chi connectivity index (χ3n) is 3.90. The molecule has 1 atom stereocenters. The predicted octanol–water partition coefficient (Wildman–Crippen LogP) is 5.19. The van der Waals surface area contributed by atoms with Crippen LogP contribution in [-0.2, 0) is 9.59 Å². The Balaban J connectivity index is 2.36. The van der Waals surface area contributed by atoms with E-state index in [0.29, 0.717) is 22.4 Å². The monoisotopic (exact) mass is 423 g/mol. The Morgan fingerprint density at radius 1 is 1.18 bits per heavy atom. The van der Waals surface area contributed by atoms with Crippen molar-refractivity contribution in [1.29, 1.82) is 0 Å². The second-order valence-corrected chi connectivity index (χ2v) is 7.87. The Morgan fingerprint density at radius 2 is 1.86 bits per heavy atom. The number of carbonyl (C=O) groups is 2. The highest BCUT2D eigenvalue weighted by Gasteiger charge is 2.21. The van der Waals surface area contributed by atoms with Gasteiger partial charge in [0.05, 0.1) is 5.57 Å². The summed E-state index contributed by atoms with van der Waals surface area (Å²) in [5.74, 6) is -1.81. The summed E-state index contributed by atoms with van der Waals surface area (Å²) in [4.78, 5) is 25.0. The Kier molecular flexibility index (Phi) is 8.20. The van der Waals surface area contributed by atoms with Crippen LogP contribution in [0.15, 0.2) is 42.5 Å². The summed E-state index contributed by atoms with van der Waals surface area (Å²) in [7, 11) is 0. The molecule has 0 aliphatic carbocycles. The summed E-state index contributed by atoms with van der Waals surface area (Å²) in [6.45, 7) is 3.69. The van der Waals surface area contributed by atoms with Crippen LogP contribution >= 0.6 is 23.4 Å². The van der Waals surface area contributed by atoms with E-state index in [1.165, 1.54) is 12.1 Å². The van der Waals surface area contributed by atoms with Crippen molar-refractivity contribution in [3.05, 3.63) is 70.2 Å². The molecule has 0 aliphatic rings. The minimum absolute atomic E-state index is 0.0801. The van der Waals surface area contributed by atoms with Gasteiger partial charge in [0.25, 0.3) is 5.91 Å². The molecule has 0 bridgehead atoms. The second-order valence-electron chi connectivity index (χ2n) is 6.11. The number of hydrogen-bond acceptors (Lipinski definition) is 3. The van der Waals surface area contributed by atoms with Crippen LogP contribution in [0.3, 0.4) is 0 Å². The van der Waals surface area contributed by atoms with Crippen molar-refractivity contribution < 1.29 is 18.4 Å². The Labute approximate surface area is 172 Å². The van der Waals surface area contributed by atoms with E-state index in [4.69, 9.17) is 11.6 Å². The van der Waals surface area contributed by atoms with Crippen LogP contribution < -0.4 is 5.32 Å². The molecule has 2 aromatic carbocycles. The Morgan fingerprint density at radius 3 is 2.46 bits per heavy atom. The first-order chi connectivity index (χ1) is 13.3. The first-order valence-corrected chi connectivity index (χ1v) is 10.2. The molecule has 3 nitrogen and oxygen atoms in total. The predicted molar refractivity (Wildman–Crippen MR) is 111 cm³/mol. The fraction of sp³-hybridized carbons (Fsp3) is 0.238. The number of imide groups is 1. The van der Waals surface area contributed by atoms with E-state index in [0.717, 1.165) is 11.8 Å². The van der Waals surface area contributed by atoms with Crippen molar-refractivity contribution in [2.45, 2.75) is 13.8 Å². The van der Waals surface area contributed by atoms with Gasteiger partial charge in [-0.05, 0) is 41.7 Å². The second kappa shape index (κ2) is 10.4. The van der Waals surface area contributed by atoms with Crippen molar-refractivity contribution in [3.8, 4) is 0 Å².